The van der Waals surface area contributed by atoms with Crippen LogP contribution in [0.3, 0.4) is 0 Å². The molecule has 2 aliphatic heterocycles. The highest BCUT2D eigenvalue weighted by Gasteiger charge is 2.16. The minimum atomic E-state index is -0.0218. The van der Waals surface area contributed by atoms with Crippen LogP contribution in [0.5, 0.6) is 11.5 Å². The summed E-state index contributed by atoms with van der Waals surface area (Å²) >= 11 is 0. The fraction of sp³-hybridized carbons (Fsp3) is 0.400. The van der Waals surface area contributed by atoms with Crippen LogP contribution in [0.4, 0.5) is 4.79 Å². The highest BCUT2D eigenvalue weighted by Crippen LogP contribution is 2.32. The van der Waals surface area contributed by atoms with Gasteiger partial charge in [0.2, 0.25) is 6.79 Å². The van der Waals surface area contributed by atoms with Crippen molar-refractivity contribution in [3.8, 4) is 11.5 Å². The van der Waals surface area contributed by atoms with Crippen molar-refractivity contribution in [1.29, 1.82) is 0 Å². The Bertz CT molecular complexity index is 554. The lowest BCUT2D eigenvalue weighted by atomic mass is 10.1. The normalized spacial score (nSPS) is 16.9. The second kappa shape index (κ2) is 5.45. The monoisotopic (exact) mass is 274 g/mol. The summed E-state index contributed by atoms with van der Waals surface area (Å²) in [6.07, 6.45) is 3.06. The fourth-order valence-corrected chi connectivity index (χ4v) is 2.30. The van der Waals surface area contributed by atoms with Crippen molar-refractivity contribution >= 4 is 6.03 Å². The number of carbonyl (C=O) groups is 1. The van der Waals surface area contributed by atoms with Crippen molar-refractivity contribution in [2.45, 2.75) is 19.9 Å². The van der Waals surface area contributed by atoms with Gasteiger partial charge in [-0.1, -0.05) is 17.7 Å². The van der Waals surface area contributed by atoms with E-state index in [1.807, 2.05) is 23.1 Å². The standard InChI is InChI=1S/C15H18N2O3/c1-11-4-6-17(7-5-11)15(18)16-9-12-2-3-13-14(8-12)20-10-19-13/h2-4,8H,5-7,9-10H2,1H3,(H,16,18). The van der Waals surface area contributed by atoms with Gasteiger partial charge in [0.05, 0.1) is 0 Å². The van der Waals surface area contributed by atoms with Gasteiger partial charge in [0.15, 0.2) is 11.5 Å². The van der Waals surface area contributed by atoms with Crippen LogP contribution in [-0.2, 0) is 6.54 Å². The Hall–Kier alpha value is -2.17. The van der Waals surface area contributed by atoms with Crippen LogP contribution < -0.4 is 14.8 Å². The fourth-order valence-electron chi connectivity index (χ4n) is 2.30. The zero-order valence-electron chi connectivity index (χ0n) is 11.5. The lowest BCUT2D eigenvalue weighted by molar-refractivity contribution is 0.174. The summed E-state index contributed by atoms with van der Waals surface area (Å²) in [4.78, 5) is 13.9. The predicted octanol–water partition coefficient (Wildman–Crippen LogP) is 2.28. The molecule has 0 saturated carbocycles. The predicted molar refractivity (Wildman–Crippen MR) is 74.7 cm³/mol. The number of nitrogens with one attached hydrogen (secondary N) is 1. The van der Waals surface area contributed by atoms with Crippen LogP contribution in [0.2, 0.25) is 0 Å². The van der Waals surface area contributed by atoms with E-state index in [-0.39, 0.29) is 12.8 Å². The Morgan fingerprint density at radius 3 is 3.00 bits per heavy atom. The third kappa shape index (κ3) is 2.71. The van der Waals surface area contributed by atoms with Gasteiger partial charge in [-0.15, -0.1) is 0 Å². The number of rotatable bonds is 2. The van der Waals surface area contributed by atoms with Crippen molar-refractivity contribution in [3.05, 3.63) is 35.4 Å². The molecule has 20 heavy (non-hydrogen) atoms. The van der Waals surface area contributed by atoms with Crippen LogP contribution in [0.25, 0.3) is 0 Å². The second-order valence-corrected chi connectivity index (χ2v) is 5.09. The maximum atomic E-state index is 12.0. The molecule has 2 aliphatic rings. The molecule has 106 valence electrons. The first-order chi connectivity index (χ1) is 9.72. The van der Waals surface area contributed by atoms with E-state index in [0.717, 1.165) is 30.0 Å². The molecule has 1 aromatic carbocycles. The van der Waals surface area contributed by atoms with Gasteiger partial charge in [0.1, 0.15) is 0 Å². The van der Waals surface area contributed by atoms with Gasteiger partial charge >= 0.3 is 6.03 Å². The average Bonchev–Trinajstić information content (AvgIpc) is 2.93. The topological polar surface area (TPSA) is 50.8 Å². The minimum absolute atomic E-state index is 0.0218. The molecule has 0 saturated heterocycles. The lowest BCUT2D eigenvalue weighted by Gasteiger charge is -2.25. The summed E-state index contributed by atoms with van der Waals surface area (Å²) in [7, 11) is 0. The van der Waals surface area contributed by atoms with E-state index in [2.05, 4.69) is 18.3 Å². The first-order valence-corrected chi connectivity index (χ1v) is 6.79. The molecule has 0 unspecified atom stereocenters. The molecule has 0 bridgehead atoms. The summed E-state index contributed by atoms with van der Waals surface area (Å²) < 4.78 is 10.6. The van der Waals surface area contributed by atoms with Crippen molar-refractivity contribution in [2.24, 2.45) is 0 Å². The number of hydrogen-bond acceptors (Lipinski definition) is 3. The van der Waals surface area contributed by atoms with E-state index in [0.29, 0.717) is 13.1 Å². The Kier molecular flexibility index (Phi) is 3.50. The Morgan fingerprint density at radius 2 is 2.20 bits per heavy atom. The molecule has 5 heteroatoms. The van der Waals surface area contributed by atoms with Crippen LogP contribution in [0.1, 0.15) is 18.9 Å². The molecular formula is C15H18N2O3. The Balaban J connectivity index is 1.55. The molecule has 3 rings (SSSR count). The molecule has 2 amide bonds. The van der Waals surface area contributed by atoms with Crippen molar-refractivity contribution in [1.82, 2.24) is 10.2 Å². The summed E-state index contributed by atoms with van der Waals surface area (Å²) in [5.74, 6) is 1.50. The van der Waals surface area contributed by atoms with Crippen LogP contribution in [0.15, 0.2) is 29.8 Å². The number of fused-ring (bicyclic) bond motifs is 1. The Morgan fingerprint density at radius 1 is 1.35 bits per heavy atom. The first-order valence-electron chi connectivity index (χ1n) is 6.79. The zero-order chi connectivity index (χ0) is 13.9. The zero-order valence-corrected chi connectivity index (χ0v) is 11.5. The van der Waals surface area contributed by atoms with Gasteiger partial charge in [0.25, 0.3) is 0 Å². The van der Waals surface area contributed by atoms with E-state index in [1.165, 1.54) is 5.57 Å². The summed E-state index contributed by atoms with van der Waals surface area (Å²) in [5, 5.41) is 2.94. The third-order valence-corrected chi connectivity index (χ3v) is 3.60. The average molecular weight is 274 g/mol. The van der Waals surface area contributed by atoms with Crippen LogP contribution >= 0.6 is 0 Å². The third-order valence-electron chi connectivity index (χ3n) is 3.60. The molecule has 0 atom stereocenters. The number of urea groups is 1. The summed E-state index contributed by atoms with van der Waals surface area (Å²) in [6, 6.07) is 5.69. The van der Waals surface area contributed by atoms with E-state index < -0.39 is 0 Å². The molecule has 0 aliphatic carbocycles. The molecule has 2 heterocycles. The molecule has 0 radical (unpaired) electrons. The number of hydrogen-bond donors (Lipinski definition) is 1. The maximum absolute atomic E-state index is 12.0. The largest absolute Gasteiger partial charge is 0.454 e. The maximum Gasteiger partial charge on any atom is 0.317 e. The Labute approximate surface area is 118 Å². The quantitative estimate of drug-likeness (QED) is 0.842. The smallest absolute Gasteiger partial charge is 0.317 e. The van der Waals surface area contributed by atoms with Gasteiger partial charge in [-0.3, -0.25) is 0 Å². The van der Waals surface area contributed by atoms with Crippen molar-refractivity contribution < 1.29 is 14.3 Å². The van der Waals surface area contributed by atoms with E-state index in [9.17, 15) is 4.79 Å². The van der Waals surface area contributed by atoms with Gasteiger partial charge in [0, 0.05) is 19.6 Å². The second-order valence-electron chi connectivity index (χ2n) is 5.09. The molecule has 0 fully saturated rings. The number of amides is 2. The molecule has 0 spiro atoms. The molecule has 1 aromatic rings. The number of ether oxygens (including phenoxy) is 2. The van der Waals surface area contributed by atoms with Crippen molar-refractivity contribution in [2.75, 3.05) is 19.9 Å². The van der Waals surface area contributed by atoms with Gasteiger partial charge in [-0.2, -0.15) is 0 Å². The summed E-state index contributed by atoms with van der Waals surface area (Å²) in [5.41, 5.74) is 2.36. The first kappa shape index (κ1) is 12.8. The van der Waals surface area contributed by atoms with Gasteiger partial charge < -0.3 is 19.7 Å². The highest BCUT2D eigenvalue weighted by atomic mass is 16.7. The van der Waals surface area contributed by atoms with E-state index in [1.54, 1.807) is 0 Å². The number of nitrogens with zero attached hydrogens (tertiary/aromatic N) is 1. The van der Waals surface area contributed by atoms with Gasteiger partial charge in [-0.05, 0) is 31.0 Å². The lowest BCUT2D eigenvalue weighted by Crippen LogP contribution is -2.41. The molecule has 5 nitrogen and oxygen atoms in total. The van der Waals surface area contributed by atoms with Crippen LogP contribution in [0, 0.1) is 0 Å². The summed E-state index contributed by atoms with van der Waals surface area (Å²) in [6.45, 7) is 4.34. The molecule has 0 aromatic heterocycles. The van der Waals surface area contributed by atoms with E-state index in [4.69, 9.17) is 9.47 Å². The van der Waals surface area contributed by atoms with Crippen LogP contribution in [-0.4, -0.2) is 30.8 Å². The van der Waals surface area contributed by atoms with E-state index >= 15 is 0 Å². The van der Waals surface area contributed by atoms with Gasteiger partial charge in [-0.25, -0.2) is 4.79 Å². The highest BCUT2D eigenvalue weighted by molar-refractivity contribution is 5.74. The number of carbonyl (C=O) groups excluding carboxylic acids is 1. The number of benzene rings is 1. The molecular weight excluding hydrogens is 256 g/mol. The molecule has 1 N–H and O–H groups in total. The minimum Gasteiger partial charge on any atom is -0.454 e. The SMILES string of the molecule is CC1=CCN(C(=O)NCc2ccc3c(c2)OCO3)CC1. The van der Waals surface area contributed by atoms with Crippen molar-refractivity contribution in [3.63, 3.8) is 0 Å².